The molecule has 6 nitrogen and oxygen atoms in total. The summed E-state index contributed by atoms with van der Waals surface area (Å²) in [6, 6.07) is 13.7. The molecule has 0 fully saturated rings. The van der Waals surface area contributed by atoms with Gasteiger partial charge in [0.15, 0.2) is 11.5 Å². The lowest BCUT2D eigenvalue weighted by Crippen LogP contribution is -2.24. The number of imidazole rings is 1. The summed E-state index contributed by atoms with van der Waals surface area (Å²) in [6.45, 7) is 3.95. The van der Waals surface area contributed by atoms with E-state index in [0.717, 1.165) is 37.7 Å². The SMILES string of the molecule is CCCCCCCn1c(CCCCCNC(=O)c2ccc(OC)c(OC)c2)nc2ccccc21. The molecule has 0 saturated heterocycles. The van der Waals surface area contributed by atoms with Gasteiger partial charge < -0.3 is 19.4 Å². The van der Waals surface area contributed by atoms with Gasteiger partial charge in [0.25, 0.3) is 5.91 Å². The molecule has 1 amide bonds. The highest BCUT2D eigenvalue weighted by atomic mass is 16.5. The number of fused-ring (bicyclic) bond motifs is 1. The van der Waals surface area contributed by atoms with Crippen LogP contribution in [-0.2, 0) is 13.0 Å². The molecule has 0 aliphatic heterocycles. The predicted molar refractivity (Wildman–Crippen MR) is 138 cm³/mol. The molecule has 0 spiro atoms. The number of amides is 1. The quantitative estimate of drug-likeness (QED) is 0.273. The largest absolute Gasteiger partial charge is 0.493 e. The van der Waals surface area contributed by atoms with Crippen molar-refractivity contribution >= 4 is 16.9 Å². The second kappa shape index (κ2) is 13.6. The van der Waals surface area contributed by atoms with Gasteiger partial charge in [-0.1, -0.05) is 51.2 Å². The number of aryl methyl sites for hydroxylation is 2. The lowest BCUT2D eigenvalue weighted by atomic mass is 10.1. The molecule has 0 bridgehead atoms. The number of carbonyl (C=O) groups excluding carboxylic acids is 1. The number of hydrogen-bond donors (Lipinski definition) is 1. The van der Waals surface area contributed by atoms with Crippen LogP contribution in [0.15, 0.2) is 42.5 Å². The minimum absolute atomic E-state index is 0.0918. The van der Waals surface area contributed by atoms with Crippen molar-refractivity contribution in [3.8, 4) is 11.5 Å². The number of para-hydroxylation sites is 2. The molecule has 3 aromatic rings. The van der Waals surface area contributed by atoms with Gasteiger partial charge in [-0.3, -0.25) is 4.79 Å². The Morgan fingerprint density at radius 1 is 0.912 bits per heavy atom. The number of carbonyl (C=O) groups is 1. The predicted octanol–water partition coefficient (Wildman–Crippen LogP) is 6.17. The number of hydrogen-bond acceptors (Lipinski definition) is 4. The molecule has 1 aromatic heterocycles. The van der Waals surface area contributed by atoms with Gasteiger partial charge in [-0.15, -0.1) is 0 Å². The molecule has 0 atom stereocenters. The van der Waals surface area contributed by atoms with Crippen molar-refractivity contribution in [3.63, 3.8) is 0 Å². The molecule has 3 rings (SSSR count). The summed E-state index contributed by atoms with van der Waals surface area (Å²) in [7, 11) is 3.15. The Morgan fingerprint density at radius 2 is 1.68 bits per heavy atom. The van der Waals surface area contributed by atoms with Gasteiger partial charge >= 0.3 is 0 Å². The molecular formula is C28H39N3O3. The summed E-state index contributed by atoms with van der Waals surface area (Å²) in [5, 5.41) is 3.01. The fourth-order valence-electron chi connectivity index (χ4n) is 4.31. The molecule has 1 heterocycles. The van der Waals surface area contributed by atoms with Crippen molar-refractivity contribution < 1.29 is 14.3 Å². The molecular weight excluding hydrogens is 426 g/mol. The molecule has 0 unspecified atom stereocenters. The lowest BCUT2D eigenvalue weighted by Gasteiger charge is -2.10. The van der Waals surface area contributed by atoms with E-state index in [9.17, 15) is 4.79 Å². The van der Waals surface area contributed by atoms with Crippen LogP contribution in [0.25, 0.3) is 11.0 Å². The Bertz CT molecular complexity index is 1040. The van der Waals surface area contributed by atoms with Crippen molar-refractivity contribution in [2.24, 2.45) is 0 Å². The highest BCUT2D eigenvalue weighted by Gasteiger charge is 2.11. The Kier molecular flexibility index (Phi) is 10.3. The molecule has 0 radical (unpaired) electrons. The summed E-state index contributed by atoms with van der Waals surface area (Å²) in [5.41, 5.74) is 2.91. The van der Waals surface area contributed by atoms with Crippen LogP contribution in [0.3, 0.4) is 0 Å². The molecule has 2 aromatic carbocycles. The third kappa shape index (κ3) is 6.99. The average Bonchev–Trinajstić information content (AvgIpc) is 3.22. The van der Waals surface area contributed by atoms with E-state index in [2.05, 4.69) is 41.1 Å². The van der Waals surface area contributed by atoms with E-state index in [-0.39, 0.29) is 5.91 Å². The van der Waals surface area contributed by atoms with Gasteiger partial charge in [-0.25, -0.2) is 4.98 Å². The monoisotopic (exact) mass is 465 g/mol. The normalized spacial score (nSPS) is 11.0. The number of rotatable bonds is 15. The first-order valence-electron chi connectivity index (χ1n) is 12.6. The van der Waals surface area contributed by atoms with Crippen LogP contribution in [0.2, 0.25) is 0 Å². The fraction of sp³-hybridized carbons (Fsp3) is 0.500. The third-order valence-corrected chi connectivity index (χ3v) is 6.23. The Morgan fingerprint density at radius 3 is 2.47 bits per heavy atom. The van der Waals surface area contributed by atoms with Crippen molar-refractivity contribution in [2.45, 2.75) is 71.3 Å². The van der Waals surface area contributed by atoms with E-state index in [1.54, 1.807) is 32.4 Å². The number of nitrogens with zero attached hydrogens (tertiary/aromatic N) is 2. The standard InChI is InChI=1S/C28H39N3O3/c1-4-5-6-7-13-20-31-24-15-11-10-14-23(24)30-27(31)16-9-8-12-19-29-28(32)22-17-18-25(33-2)26(21-22)34-3/h10-11,14-15,17-18,21H,4-9,12-13,16,19-20H2,1-3H3,(H,29,32). The van der Waals surface area contributed by atoms with Gasteiger partial charge in [-0.05, 0) is 49.6 Å². The highest BCUT2D eigenvalue weighted by Crippen LogP contribution is 2.27. The molecule has 184 valence electrons. The fourth-order valence-corrected chi connectivity index (χ4v) is 4.31. The molecule has 0 saturated carbocycles. The summed E-state index contributed by atoms with van der Waals surface area (Å²) in [5.74, 6) is 2.27. The molecule has 0 aliphatic rings. The first-order chi connectivity index (χ1) is 16.7. The zero-order valence-corrected chi connectivity index (χ0v) is 20.9. The van der Waals surface area contributed by atoms with Gasteiger partial charge in [0.05, 0.1) is 25.3 Å². The smallest absolute Gasteiger partial charge is 0.251 e. The van der Waals surface area contributed by atoms with E-state index >= 15 is 0 Å². The molecule has 34 heavy (non-hydrogen) atoms. The number of benzene rings is 2. The van der Waals surface area contributed by atoms with E-state index < -0.39 is 0 Å². The van der Waals surface area contributed by atoms with Crippen LogP contribution in [-0.4, -0.2) is 36.2 Å². The van der Waals surface area contributed by atoms with E-state index in [0.29, 0.717) is 23.6 Å². The van der Waals surface area contributed by atoms with Crippen LogP contribution in [0.1, 0.15) is 74.5 Å². The molecule has 0 aliphatic carbocycles. The third-order valence-electron chi connectivity index (χ3n) is 6.23. The second-order valence-electron chi connectivity index (χ2n) is 8.72. The number of ether oxygens (including phenoxy) is 2. The van der Waals surface area contributed by atoms with Crippen LogP contribution in [0.4, 0.5) is 0 Å². The maximum absolute atomic E-state index is 12.5. The Labute approximate surface area is 203 Å². The van der Waals surface area contributed by atoms with Gasteiger partial charge in [0, 0.05) is 25.1 Å². The van der Waals surface area contributed by atoms with Crippen molar-refractivity contribution in [1.82, 2.24) is 14.9 Å². The van der Waals surface area contributed by atoms with Crippen molar-refractivity contribution in [2.75, 3.05) is 20.8 Å². The second-order valence-corrected chi connectivity index (χ2v) is 8.72. The van der Waals surface area contributed by atoms with Crippen molar-refractivity contribution in [3.05, 3.63) is 53.9 Å². The topological polar surface area (TPSA) is 65.4 Å². The minimum atomic E-state index is -0.0918. The number of aromatic nitrogens is 2. The Balaban J connectivity index is 1.45. The highest BCUT2D eigenvalue weighted by molar-refractivity contribution is 5.94. The van der Waals surface area contributed by atoms with Crippen LogP contribution >= 0.6 is 0 Å². The summed E-state index contributed by atoms with van der Waals surface area (Å²) in [6.07, 6.45) is 10.4. The van der Waals surface area contributed by atoms with E-state index in [1.165, 1.54) is 43.4 Å². The Hall–Kier alpha value is -3.02. The summed E-state index contributed by atoms with van der Waals surface area (Å²) >= 11 is 0. The number of unbranched alkanes of at least 4 members (excludes halogenated alkanes) is 6. The first kappa shape index (κ1) is 25.6. The van der Waals surface area contributed by atoms with Crippen LogP contribution in [0, 0.1) is 0 Å². The van der Waals surface area contributed by atoms with Gasteiger partial charge in [-0.2, -0.15) is 0 Å². The zero-order chi connectivity index (χ0) is 24.2. The maximum Gasteiger partial charge on any atom is 0.251 e. The minimum Gasteiger partial charge on any atom is -0.493 e. The van der Waals surface area contributed by atoms with E-state index in [4.69, 9.17) is 14.5 Å². The van der Waals surface area contributed by atoms with Gasteiger partial charge in [0.2, 0.25) is 0 Å². The first-order valence-corrected chi connectivity index (χ1v) is 12.6. The summed E-state index contributed by atoms with van der Waals surface area (Å²) in [4.78, 5) is 17.4. The molecule has 1 N–H and O–H groups in total. The number of methoxy groups -OCH3 is 2. The molecule has 6 heteroatoms. The van der Waals surface area contributed by atoms with Crippen LogP contribution < -0.4 is 14.8 Å². The number of nitrogens with one attached hydrogen (secondary N) is 1. The van der Waals surface area contributed by atoms with Gasteiger partial charge in [0.1, 0.15) is 5.82 Å². The van der Waals surface area contributed by atoms with E-state index in [1.807, 2.05) is 0 Å². The average molecular weight is 466 g/mol. The van der Waals surface area contributed by atoms with Crippen LogP contribution in [0.5, 0.6) is 11.5 Å². The van der Waals surface area contributed by atoms with Crippen molar-refractivity contribution in [1.29, 1.82) is 0 Å². The lowest BCUT2D eigenvalue weighted by molar-refractivity contribution is 0.0952. The summed E-state index contributed by atoms with van der Waals surface area (Å²) < 4.78 is 12.9. The maximum atomic E-state index is 12.5. The zero-order valence-electron chi connectivity index (χ0n) is 20.9.